The lowest BCUT2D eigenvalue weighted by Gasteiger charge is -2.13. The van der Waals surface area contributed by atoms with Crippen LogP contribution in [0.2, 0.25) is 0 Å². The van der Waals surface area contributed by atoms with Crippen molar-refractivity contribution in [1.82, 2.24) is 5.32 Å². The summed E-state index contributed by atoms with van der Waals surface area (Å²) in [6.45, 7) is 3.74. The molecule has 0 saturated heterocycles. The minimum absolute atomic E-state index is 0.0661. The van der Waals surface area contributed by atoms with E-state index in [0.29, 0.717) is 18.0 Å². The third-order valence-corrected chi connectivity index (χ3v) is 2.26. The zero-order chi connectivity index (χ0) is 14.3. The molecule has 0 aromatic heterocycles. The lowest BCUT2D eigenvalue weighted by atomic mass is 10.3. The van der Waals surface area contributed by atoms with Gasteiger partial charge >= 0.3 is 6.03 Å². The molecule has 6 heteroatoms. The standard InChI is InChI=1S/C13H19N3O3/c1-9(8-19-3)14-13(18)16-12-6-4-11(5-7-12)15-10(2)17/h4-7,9H,8H2,1-3H3,(H,15,17)(H2,14,16,18). The van der Waals surface area contributed by atoms with Gasteiger partial charge in [0.15, 0.2) is 0 Å². The topological polar surface area (TPSA) is 79.5 Å². The lowest BCUT2D eigenvalue weighted by Crippen LogP contribution is -2.38. The number of hydrogen-bond donors (Lipinski definition) is 3. The second-order valence-electron chi connectivity index (χ2n) is 4.21. The molecule has 0 saturated carbocycles. The molecule has 3 amide bonds. The molecule has 0 aliphatic rings. The van der Waals surface area contributed by atoms with Crippen LogP contribution >= 0.6 is 0 Å². The highest BCUT2D eigenvalue weighted by Crippen LogP contribution is 2.13. The van der Waals surface area contributed by atoms with Crippen molar-refractivity contribution in [3.05, 3.63) is 24.3 Å². The Morgan fingerprint density at radius 1 is 1.16 bits per heavy atom. The summed E-state index contributed by atoms with van der Waals surface area (Å²) < 4.78 is 4.92. The first-order valence-electron chi connectivity index (χ1n) is 5.95. The third kappa shape index (κ3) is 5.87. The van der Waals surface area contributed by atoms with E-state index < -0.39 is 0 Å². The van der Waals surface area contributed by atoms with Crippen molar-refractivity contribution in [2.75, 3.05) is 24.4 Å². The minimum Gasteiger partial charge on any atom is -0.383 e. The van der Waals surface area contributed by atoms with Crippen molar-refractivity contribution >= 4 is 23.3 Å². The van der Waals surface area contributed by atoms with E-state index in [9.17, 15) is 9.59 Å². The van der Waals surface area contributed by atoms with Gasteiger partial charge in [-0.05, 0) is 31.2 Å². The van der Waals surface area contributed by atoms with Crippen molar-refractivity contribution in [3.63, 3.8) is 0 Å². The van der Waals surface area contributed by atoms with Gasteiger partial charge in [0.1, 0.15) is 0 Å². The number of amides is 3. The first-order valence-corrected chi connectivity index (χ1v) is 5.95. The van der Waals surface area contributed by atoms with Gasteiger partial charge in [0, 0.05) is 25.4 Å². The van der Waals surface area contributed by atoms with E-state index >= 15 is 0 Å². The summed E-state index contributed by atoms with van der Waals surface area (Å²) in [5, 5.41) is 8.08. The zero-order valence-electron chi connectivity index (χ0n) is 11.3. The Bertz CT molecular complexity index is 431. The van der Waals surface area contributed by atoms with E-state index in [1.165, 1.54) is 6.92 Å². The molecule has 0 bridgehead atoms. The maximum Gasteiger partial charge on any atom is 0.319 e. The van der Waals surface area contributed by atoms with Gasteiger partial charge in [-0.3, -0.25) is 4.79 Å². The molecular weight excluding hydrogens is 246 g/mol. The first-order chi connectivity index (χ1) is 9.01. The molecule has 6 nitrogen and oxygen atoms in total. The van der Waals surface area contributed by atoms with E-state index in [1.54, 1.807) is 31.4 Å². The molecular formula is C13H19N3O3. The van der Waals surface area contributed by atoms with Crippen molar-refractivity contribution in [1.29, 1.82) is 0 Å². The van der Waals surface area contributed by atoms with Gasteiger partial charge in [0.05, 0.1) is 12.6 Å². The summed E-state index contributed by atoms with van der Waals surface area (Å²) in [5.41, 5.74) is 1.34. The number of nitrogens with one attached hydrogen (secondary N) is 3. The van der Waals surface area contributed by atoms with Crippen LogP contribution in [0.15, 0.2) is 24.3 Å². The Hall–Kier alpha value is -2.08. The largest absolute Gasteiger partial charge is 0.383 e. The monoisotopic (exact) mass is 265 g/mol. The Labute approximate surface area is 112 Å². The molecule has 0 heterocycles. The Morgan fingerprint density at radius 2 is 1.68 bits per heavy atom. The maximum absolute atomic E-state index is 11.6. The van der Waals surface area contributed by atoms with Crippen LogP contribution in [0.5, 0.6) is 0 Å². The molecule has 19 heavy (non-hydrogen) atoms. The number of anilines is 2. The highest BCUT2D eigenvalue weighted by atomic mass is 16.5. The molecule has 0 aliphatic carbocycles. The fourth-order valence-corrected chi connectivity index (χ4v) is 1.52. The van der Waals surface area contributed by atoms with E-state index in [4.69, 9.17) is 4.74 Å². The van der Waals surface area contributed by atoms with Crippen LogP contribution in [-0.2, 0) is 9.53 Å². The van der Waals surface area contributed by atoms with Crippen LogP contribution in [0.4, 0.5) is 16.2 Å². The number of carbonyl (C=O) groups excluding carboxylic acids is 2. The fourth-order valence-electron chi connectivity index (χ4n) is 1.52. The summed E-state index contributed by atoms with van der Waals surface area (Å²) in [5.74, 6) is -0.133. The van der Waals surface area contributed by atoms with Gasteiger partial charge in [-0.15, -0.1) is 0 Å². The second kappa shape index (κ2) is 7.38. The summed E-state index contributed by atoms with van der Waals surface area (Å²) in [6.07, 6.45) is 0. The van der Waals surface area contributed by atoms with Crippen molar-refractivity contribution in [3.8, 4) is 0 Å². The number of benzene rings is 1. The molecule has 0 fully saturated rings. The summed E-state index contributed by atoms with van der Waals surface area (Å²) in [7, 11) is 1.58. The number of rotatable bonds is 5. The van der Waals surface area contributed by atoms with Crippen LogP contribution in [0.3, 0.4) is 0 Å². The van der Waals surface area contributed by atoms with E-state index in [2.05, 4.69) is 16.0 Å². The SMILES string of the molecule is COCC(C)NC(=O)Nc1ccc(NC(C)=O)cc1. The average molecular weight is 265 g/mol. The molecule has 1 atom stereocenters. The molecule has 1 rings (SSSR count). The van der Waals surface area contributed by atoms with E-state index in [-0.39, 0.29) is 18.0 Å². The average Bonchev–Trinajstić information content (AvgIpc) is 2.31. The molecule has 0 aliphatic heterocycles. The van der Waals surface area contributed by atoms with Crippen LogP contribution < -0.4 is 16.0 Å². The van der Waals surface area contributed by atoms with Gasteiger partial charge in [0.25, 0.3) is 0 Å². The number of urea groups is 1. The molecule has 0 spiro atoms. The minimum atomic E-state index is -0.295. The van der Waals surface area contributed by atoms with Crippen LogP contribution in [0.25, 0.3) is 0 Å². The molecule has 1 aromatic rings. The normalized spacial score (nSPS) is 11.5. The number of carbonyl (C=O) groups is 2. The zero-order valence-corrected chi connectivity index (χ0v) is 11.3. The molecule has 3 N–H and O–H groups in total. The number of hydrogen-bond acceptors (Lipinski definition) is 3. The molecule has 1 aromatic carbocycles. The lowest BCUT2D eigenvalue weighted by molar-refractivity contribution is -0.114. The summed E-state index contributed by atoms with van der Waals surface area (Å²) >= 11 is 0. The first kappa shape index (κ1) is 15.0. The molecule has 104 valence electrons. The second-order valence-corrected chi connectivity index (χ2v) is 4.21. The van der Waals surface area contributed by atoms with Crippen LogP contribution in [0, 0.1) is 0 Å². The predicted octanol–water partition coefficient (Wildman–Crippen LogP) is 1.80. The van der Waals surface area contributed by atoms with Crippen molar-refractivity contribution < 1.29 is 14.3 Å². The molecule has 1 unspecified atom stereocenters. The van der Waals surface area contributed by atoms with Gasteiger partial charge in [-0.2, -0.15) is 0 Å². The van der Waals surface area contributed by atoms with Crippen LogP contribution in [-0.4, -0.2) is 31.7 Å². The van der Waals surface area contributed by atoms with Gasteiger partial charge in [-0.25, -0.2) is 4.79 Å². The van der Waals surface area contributed by atoms with E-state index in [0.717, 1.165) is 0 Å². The van der Waals surface area contributed by atoms with Crippen molar-refractivity contribution in [2.45, 2.75) is 19.9 Å². The van der Waals surface area contributed by atoms with Gasteiger partial charge in [-0.1, -0.05) is 0 Å². The predicted molar refractivity (Wildman–Crippen MR) is 74.2 cm³/mol. The Morgan fingerprint density at radius 3 is 2.16 bits per heavy atom. The highest BCUT2D eigenvalue weighted by Gasteiger charge is 2.06. The highest BCUT2D eigenvalue weighted by molar-refractivity contribution is 5.91. The Balaban J connectivity index is 2.48. The Kier molecular flexibility index (Phi) is 5.81. The van der Waals surface area contributed by atoms with Gasteiger partial charge in [0.2, 0.25) is 5.91 Å². The number of ether oxygens (including phenoxy) is 1. The summed E-state index contributed by atoms with van der Waals surface area (Å²) in [6, 6.07) is 6.50. The van der Waals surface area contributed by atoms with Gasteiger partial charge < -0.3 is 20.7 Å². The van der Waals surface area contributed by atoms with Crippen LogP contribution in [0.1, 0.15) is 13.8 Å². The number of methoxy groups -OCH3 is 1. The van der Waals surface area contributed by atoms with Crippen molar-refractivity contribution in [2.24, 2.45) is 0 Å². The maximum atomic E-state index is 11.6. The fraction of sp³-hybridized carbons (Fsp3) is 0.385. The smallest absolute Gasteiger partial charge is 0.319 e. The quantitative estimate of drug-likeness (QED) is 0.759. The summed E-state index contributed by atoms with van der Waals surface area (Å²) in [4.78, 5) is 22.5. The third-order valence-electron chi connectivity index (χ3n) is 2.26. The molecule has 0 radical (unpaired) electrons. The van der Waals surface area contributed by atoms with E-state index in [1.807, 2.05) is 6.92 Å².